The van der Waals surface area contributed by atoms with Crippen molar-refractivity contribution >= 4 is 23.3 Å². The standard InChI is InChI=1S/C23H36N4O8/c1-5-7-22(31)26-17-9-10-20(19(12-17)16(2)28)34-14-18(29)13-25-23(3,4)15-24-21(30)8-6-11-35-27(32)33/h9-10,12,18,25,29H,5-8,11,13-15H2,1-4H3,(H,24,30)(H,26,31). The molecule has 0 aliphatic carbocycles. The molecule has 0 aromatic heterocycles. The number of β-amino-alcohol motifs (C(OH)–C–C–N with tert-alkyl or cyclic N) is 1. The third-order valence-corrected chi connectivity index (χ3v) is 4.84. The van der Waals surface area contributed by atoms with E-state index in [2.05, 4.69) is 20.8 Å². The Hall–Kier alpha value is -3.25. The second-order valence-electron chi connectivity index (χ2n) is 8.73. The number of Topliss-reactive ketones (excluding diaryl/α,β-unsaturated/α-hetero) is 1. The molecule has 196 valence electrons. The Balaban J connectivity index is 2.49. The molecule has 1 atom stereocenters. The van der Waals surface area contributed by atoms with Crippen LogP contribution in [0.3, 0.4) is 0 Å². The van der Waals surface area contributed by atoms with E-state index < -0.39 is 16.7 Å². The van der Waals surface area contributed by atoms with Crippen molar-refractivity contribution in [3.05, 3.63) is 33.9 Å². The highest BCUT2D eigenvalue weighted by molar-refractivity contribution is 5.99. The molecular weight excluding hydrogens is 460 g/mol. The quantitative estimate of drug-likeness (QED) is 0.109. The number of nitrogens with one attached hydrogen (secondary N) is 3. The van der Waals surface area contributed by atoms with E-state index in [1.807, 2.05) is 20.8 Å². The van der Waals surface area contributed by atoms with E-state index in [0.29, 0.717) is 29.8 Å². The van der Waals surface area contributed by atoms with Crippen molar-refractivity contribution < 1.29 is 34.2 Å². The lowest BCUT2D eigenvalue weighted by atomic mass is 10.1. The van der Waals surface area contributed by atoms with E-state index >= 15 is 0 Å². The smallest absolute Gasteiger partial charge is 0.294 e. The Labute approximate surface area is 204 Å². The topological polar surface area (TPSA) is 169 Å². The van der Waals surface area contributed by atoms with Gasteiger partial charge in [-0.05, 0) is 51.8 Å². The van der Waals surface area contributed by atoms with Crippen molar-refractivity contribution in [3.8, 4) is 5.75 Å². The molecule has 1 unspecified atom stereocenters. The summed E-state index contributed by atoms with van der Waals surface area (Å²) in [5.74, 6) is -0.333. The van der Waals surface area contributed by atoms with Crippen molar-refractivity contribution in [1.82, 2.24) is 10.6 Å². The summed E-state index contributed by atoms with van der Waals surface area (Å²) in [4.78, 5) is 49.9. The van der Waals surface area contributed by atoms with Crippen LogP contribution in [0.2, 0.25) is 0 Å². The van der Waals surface area contributed by atoms with Gasteiger partial charge in [0.1, 0.15) is 18.5 Å². The Kier molecular flexibility index (Phi) is 12.7. The summed E-state index contributed by atoms with van der Waals surface area (Å²) in [7, 11) is 0. The fourth-order valence-electron chi connectivity index (χ4n) is 2.94. The Bertz CT molecular complexity index is 875. The first-order chi connectivity index (χ1) is 16.4. The summed E-state index contributed by atoms with van der Waals surface area (Å²) in [5.41, 5.74) is 0.250. The summed E-state index contributed by atoms with van der Waals surface area (Å²) in [6.07, 6.45) is 0.521. The molecule has 35 heavy (non-hydrogen) atoms. The molecule has 0 fully saturated rings. The van der Waals surface area contributed by atoms with Gasteiger partial charge in [0.2, 0.25) is 11.8 Å². The van der Waals surface area contributed by atoms with Crippen LogP contribution in [0, 0.1) is 10.1 Å². The molecule has 0 aliphatic heterocycles. The van der Waals surface area contributed by atoms with Crippen LogP contribution < -0.4 is 20.7 Å². The number of ketones is 1. The highest BCUT2D eigenvalue weighted by Crippen LogP contribution is 2.24. The van der Waals surface area contributed by atoms with Crippen LogP contribution in [0.5, 0.6) is 5.75 Å². The molecule has 2 amide bonds. The fourth-order valence-corrected chi connectivity index (χ4v) is 2.94. The molecule has 0 saturated heterocycles. The van der Waals surface area contributed by atoms with Crippen LogP contribution in [-0.2, 0) is 14.4 Å². The van der Waals surface area contributed by atoms with Gasteiger partial charge in [0, 0.05) is 37.2 Å². The lowest BCUT2D eigenvalue weighted by Gasteiger charge is -2.28. The molecule has 0 bridgehead atoms. The molecule has 0 radical (unpaired) electrons. The van der Waals surface area contributed by atoms with E-state index in [1.54, 1.807) is 18.2 Å². The van der Waals surface area contributed by atoms with Crippen molar-refractivity contribution in [1.29, 1.82) is 0 Å². The highest BCUT2D eigenvalue weighted by atomic mass is 16.9. The van der Waals surface area contributed by atoms with Crippen LogP contribution >= 0.6 is 0 Å². The Morgan fingerprint density at radius 2 is 1.91 bits per heavy atom. The third-order valence-electron chi connectivity index (χ3n) is 4.84. The second-order valence-corrected chi connectivity index (χ2v) is 8.73. The van der Waals surface area contributed by atoms with Crippen molar-refractivity contribution in [3.63, 3.8) is 0 Å². The summed E-state index contributed by atoms with van der Waals surface area (Å²) >= 11 is 0. The van der Waals surface area contributed by atoms with Crippen LogP contribution in [0.1, 0.15) is 63.7 Å². The maximum Gasteiger partial charge on any atom is 0.294 e. The maximum atomic E-state index is 12.0. The van der Waals surface area contributed by atoms with Gasteiger partial charge < -0.3 is 30.6 Å². The minimum absolute atomic E-state index is 0.0757. The summed E-state index contributed by atoms with van der Waals surface area (Å²) in [6, 6.07) is 4.76. The van der Waals surface area contributed by atoms with Gasteiger partial charge in [0.25, 0.3) is 5.09 Å². The van der Waals surface area contributed by atoms with E-state index in [9.17, 15) is 29.6 Å². The van der Waals surface area contributed by atoms with Crippen LogP contribution in [0.15, 0.2) is 18.2 Å². The molecule has 0 spiro atoms. The average molecular weight is 497 g/mol. The SMILES string of the molecule is CCCC(=O)Nc1ccc(OCC(O)CNC(C)(C)CNC(=O)CCCO[N+](=O)[O-])c(C(C)=O)c1. The number of ether oxygens (including phenoxy) is 1. The van der Waals surface area contributed by atoms with Gasteiger partial charge in [-0.15, -0.1) is 10.1 Å². The normalized spacial score (nSPS) is 11.9. The van der Waals surface area contributed by atoms with Gasteiger partial charge in [-0.3, -0.25) is 14.4 Å². The number of aliphatic hydroxyl groups is 1. The largest absolute Gasteiger partial charge is 0.490 e. The average Bonchev–Trinajstić information content (AvgIpc) is 2.78. The first-order valence-corrected chi connectivity index (χ1v) is 11.5. The van der Waals surface area contributed by atoms with Crippen molar-refractivity contribution in [2.75, 3.05) is 31.6 Å². The zero-order valence-corrected chi connectivity index (χ0v) is 20.7. The second kappa shape index (κ2) is 14.9. The number of rotatable bonds is 17. The van der Waals surface area contributed by atoms with Crippen molar-refractivity contribution in [2.24, 2.45) is 0 Å². The summed E-state index contributed by atoms with van der Waals surface area (Å²) < 4.78 is 5.65. The van der Waals surface area contributed by atoms with Crippen molar-refractivity contribution in [2.45, 2.75) is 65.0 Å². The predicted octanol–water partition coefficient (Wildman–Crippen LogP) is 1.84. The monoisotopic (exact) mass is 496 g/mol. The molecule has 1 rings (SSSR count). The van der Waals surface area contributed by atoms with E-state index in [0.717, 1.165) is 0 Å². The number of hydrogen-bond donors (Lipinski definition) is 4. The molecule has 0 saturated carbocycles. The van der Waals surface area contributed by atoms with Crippen LogP contribution in [0.4, 0.5) is 5.69 Å². The zero-order chi connectivity index (χ0) is 26.4. The maximum absolute atomic E-state index is 12.0. The van der Waals surface area contributed by atoms with Gasteiger partial charge in [-0.1, -0.05) is 6.92 Å². The number of aliphatic hydroxyl groups excluding tert-OH is 1. The number of nitrogens with zero attached hydrogens (tertiary/aromatic N) is 1. The Morgan fingerprint density at radius 3 is 2.54 bits per heavy atom. The minimum Gasteiger partial charge on any atom is -0.490 e. The zero-order valence-electron chi connectivity index (χ0n) is 20.7. The molecule has 1 aromatic rings. The number of benzene rings is 1. The molecule has 12 nitrogen and oxygen atoms in total. The molecular formula is C23H36N4O8. The molecule has 4 N–H and O–H groups in total. The number of carbonyl (C=O) groups is 3. The first-order valence-electron chi connectivity index (χ1n) is 11.5. The highest BCUT2D eigenvalue weighted by Gasteiger charge is 2.20. The van der Waals surface area contributed by atoms with Crippen LogP contribution in [0.25, 0.3) is 0 Å². The number of anilines is 1. The molecule has 12 heteroatoms. The van der Waals surface area contributed by atoms with Crippen LogP contribution in [-0.4, -0.2) is 65.7 Å². The Morgan fingerprint density at radius 1 is 1.20 bits per heavy atom. The predicted molar refractivity (Wildman–Crippen MR) is 129 cm³/mol. The van der Waals surface area contributed by atoms with E-state index in [-0.39, 0.29) is 56.7 Å². The number of carbonyl (C=O) groups excluding carboxylic acids is 3. The van der Waals surface area contributed by atoms with Gasteiger partial charge in [-0.25, -0.2) is 0 Å². The lowest BCUT2D eigenvalue weighted by Crippen LogP contribution is -2.51. The minimum atomic E-state index is -0.899. The summed E-state index contributed by atoms with van der Waals surface area (Å²) in [6.45, 7) is 7.20. The van der Waals surface area contributed by atoms with Gasteiger partial charge in [-0.2, -0.15) is 0 Å². The van der Waals surface area contributed by atoms with Gasteiger partial charge in [0.05, 0.1) is 12.2 Å². The number of amides is 2. The fraction of sp³-hybridized carbons (Fsp3) is 0.609. The molecule has 0 aliphatic rings. The third kappa shape index (κ3) is 12.7. The molecule has 1 aromatic carbocycles. The van der Waals surface area contributed by atoms with E-state index in [1.165, 1.54) is 6.92 Å². The summed E-state index contributed by atoms with van der Waals surface area (Å²) in [5, 5.41) is 28.1. The lowest BCUT2D eigenvalue weighted by molar-refractivity contribution is -0.757. The van der Waals surface area contributed by atoms with E-state index in [4.69, 9.17) is 4.74 Å². The number of hydrogen-bond acceptors (Lipinski definition) is 9. The van der Waals surface area contributed by atoms with Gasteiger partial charge >= 0.3 is 0 Å². The molecule has 0 heterocycles. The first kappa shape index (κ1) is 29.8. The van der Waals surface area contributed by atoms with Gasteiger partial charge in [0.15, 0.2) is 5.78 Å².